The molecule has 0 saturated carbocycles. The quantitative estimate of drug-likeness (QED) is 0.362. The van der Waals surface area contributed by atoms with Gasteiger partial charge in [0.2, 0.25) is 0 Å². The van der Waals surface area contributed by atoms with Crippen molar-refractivity contribution in [2.75, 3.05) is 18.4 Å². The molecule has 1 aliphatic heterocycles. The molecule has 0 unspecified atom stereocenters. The smallest absolute Gasteiger partial charge is 0.389 e. The summed E-state index contributed by atoms with van der Waals surface area (Å²) in [7, 11) is 0. The Kier molecular flexibility index (Phi) is 6.72. The number of anilines is 1. The number of halogens is 4. The zero-order valence-corrected chi connectivity index (χ0v) is 20.8. The maximum absolute atomic E-state index is 14.0. The molecular formula is C27H20F4N6O3. The number of nitriles is 1. The van der Waals surface area contributed by atoms with E-state index in [1.165, 1.54) is 30.0 Å². The van der Waals surface area contributed by atoms with Crippen LogP contribution in [0.25, 0.3) is 10.9 Å². The Balaban J connectivity index is 1.53. The van der Waals surface area contributed by atoms with E-state index in [0.29, 0.717) is 11.1 Å². The number of hydrogen-bond acceptors (Lipinski definition) is 6. The molecule has 4 aromatic rings. The lowest BCUT2D eigenvalue weighted by Crippen LogP contribution is -2.53. The number of likely N-dealkylation sites (tertiary alicyclic amines) is 1. The molecule has 1 aliphatic rings. The monoisotopic (exact) mass is 552 g/mol. The number of β-amino-alcohol motifs (C(OH)–C–C–N with tert-alkyl or cyclic N) is 1. The lowest BCUT2D eigenvalue weighted by atomic mass is 10.0. The maximum Gasteiger partial charge on any atom is 0.437 e. The first-order valence-corrected chi connectivity index (χ1v) is 12.0. The molecule has 204 valence electrons. The lowest BCUT2D eigenvalue weighted by Gasteiger charge is -2.35. The number of benzene rings is 2. The Bertz CT molecular complexity index is 1690. The molecule has 0 radical (unpaired) electrons. The number of amides is 2. The van der Waals surface area contributed by atoms with Crippen LogP contribution in [-0.2, 0) is 12.7 Å². The third kappa shape index (κ3) is 5.08. The highest BCUT2D eigenvalue weighted by atomic mass is 19.4. The van der Waals surface area contributed by atoms with Crippen LogP contribution in [0.2, 0.25) is 0 Å². The van der Waals surface area contributed by atoms with E-state index >= 15 is 0 Å². The topological polar surface area (TPSA) is 124 Å². The van der Waals surface area contributed by atoms with Crippen molar-refractivity contribution in [2.24, 2.45) is 0 Å². The summed E-state index contributed by atoms with van der Waals surface area (Å²) in [6, 6.07) is 12.6. The number of pyridine rings is 1. The van der Waals surface area contributed by atoms with E-state index in [-0.39, 0.29) is 47.5 Å². The third-order valence-corrected chi connectivity index (χ3v) is 6.51. The largest absolute Gasteiger partial charge is 0.437 e. The van der Waals surface area contributed by atoms with Crippen molar-refractivity contribution in [2.45, 2.75) is 25.7 Å². The number of aromatic nitrogens is 3. The Morgan fingerprint density at radius 2 is 1.85 bits per heavy atom. The number of aliphatic hydroxyl groups excluding tert-OH is 1. The number of nitrogens with one attached hydrogen (secondary N) is 1. The van der Waals surface area contributed by atoms with Gasteiger partial charge in [-0.05, 0) is 42.8 Å². The number of rotatable bonds is 5. The molecule has 13 heteroatoms. The van der Waals surface area contributed by atoms with Crippen molar-refractivity contribution in [3.8, 4) is 6.07 Å². The summed E-state index contributed by atoms with van der Waals surface area (Å²) in [6.07, 6.45) is -5.61. The molecule has 3 heterocycles. The number of alkyl halides is 3. The number of hydrogen-bond donors (Lipinski definition) is 2. The van der Waals surface area contributed by atoms with Crippen LogP contribution in [0, 0.1) is 24.1 Å². The Hall–Kier alpha value is -4.83. The molecule has 1 fully saturated rings. The van der Waals surface area contributed by atoms with Crippen molar-refractivity contribution in [1.29, 1.82) is 5.26 Å². The average Bonchev–Trinajstić information content (AvgIpc) is 3.21. The molecule has 0 atom stereocenters. The van der Waals surface area contributed by atoms with E-state index in [1.54, 1.807) is 12.1 Å². The van der Waals surface area contributed by atoms with Gasteiger partial charge >= 0.3 is 6.18 Å². The first kappa shape index (κ1) is 26.8. The van der Waals surface area contributed by atoms with Crippen LogP contribution in [0.5, 0.6) is 0 Å². The summed E-state index contributed by atoms with van der Waals surface area (Å²) in [5.41, 5.74) is -1.36. The number of fused-ring (bicyclic) bond motifs is 1. The standard InChI is InChI=1S/C27H20F4N6O3/c1-14-23(24(27(29,30)31)35-37(14)11-16-4-2-15(10-32)3-5-16)34-25(39)20-9-22(26(40)36-12-18(38)13-36)33-21-8-17(28)6-7-19(20)21/h2-9,18,38H,11-13H2,1H3,(H,34,39). The highest BCUT2D eigenvalue weighted by molar-refractivity contribution is 6.14. The molecular weight excluding hydrogens is 532 g/mol. The first-order chi connectivity index (χ1) is 18.9. The molecule has 0 bridgehead atoms. The summed E-state index contributed by atoms with van der Waals surface area (Å²) in [5, 5.41) is 24.6. The van der Waals surface area contributed by atoms with Crippen LogP contribution in [0.1, 0.15) is 43.4 Å². The molecule has 40 heavy (non-hydrogen) atoms. The van der Waals surface area contributed by atoms with Gasteiger partial charge in [-0.2, -0.15) is 23.5 Å². The second-order valence-corrected chi connectivity index (χ2v) is 9.31. The van der Waals surface area contributed by atoms with Gasteiger partial charge in [0, 0.05) is 24.5 Å². The predicted octanol–water partition coefficient (Wildman–Crippen LogP) is 3.89. The van der Waals surface area contributed by atoms with E-state index < -0.39 is 41.3 Å². The van der Waals surface area contributed by atoms with Crippen LogP contribution < -0.4 is 5.32 Å². The Morgan fingerprint density at radius 3 is 2.48 bits per heavy atom. The van der Waals surface area contributed by atoms with E-state index in [9.17, 15) is 32.3 Å². The summed E-state index contributed by atoms with van der Waals surface area (Å²) < 4.78 is 57.0. The summed E-state index contributed by atoms with van der Waals surface area (Å²) >= 11 is 0. The van der Waals surface area contributed by atoms with Crippen LogP contribution in [0.4, 0.5) is 23.2 Å². The van der Waals surface area contributed by atoms with E-state index in [0.717, 1.165) is 22.9 Å². The van der Waals surface area contributed by atoms with Crippen LogP contribution in [0.3, 0.4) is 0 Å². The maximum atomic E-state index is 14.0. The lowest BCUT2D eigenvalue weighted by molar-refractivity contribution is -0.140. The molecule has 0 aliphatic carbocycles. The third-order valence-electron chi connectivity index (χ3n) is 6.51. The van der Waals surface area contributed by atoms with Gasteiger partial charge < -0.3 is 15.3 Å². The zero-order valence-electron chi connectivity index (χ0n) is 20.8. The van der Waals surface area contributed by atoms with Crippen LogP contribution >= 0.6 is 0 Å². The van der Waals surface area contributed by atoms with Crippen molar-refractivity contribution < 1.29 is 32.3 Å². The minimum absolute atomic E-state index is 0.0142. The van der Waals surface area contributed by atoms with Crippen LogP contribution in [-0.4, -0.2) is 55.8 Å². The fraction of sp³-hybridized carbons (Fsp3) is 0.222. The fourth-order valence-corrected chi connectivity index (χ4v) is 4.37. The predicted molar refractivity (Wildman–Crippen MR) is 134 cm³/mol. The molecule has 2 amide bonds. The van der Waals surface area contributed by atoms with Gasteiger partial charge in [-0.15, -0.1) is 0 Å². The molecule has 0 spiro atoms. The van der Waals surface area contributed by atoms with Gasteiger partial charge in [0.15, 0.2) is 5.69 Å². The molecule has 2 aromatic heterocycles. The van der Waals surface area contributed by atoms with Gasteiger partial charge in [-0.25, -0.2) is 9.37 Å². The second kappa shape index (κ2) is 10.0. The van der Waals surface area contributed by atoms with Gasteiger partial charge in [0.1, 0.15) is 11.5 Å². The highest BCUT2D eigenvalue weighted by Gasteiger charge is 2.39. The number of carbonyl (C=O) groups excluding carboxylic acids is 2. The van der Waals surface area contributed by atoms with Crippen molar-refractivity contribution in [3.63, 3.8) is 0 Å². The second-order valence-electron chi connectivity index (χ2n) is 9.31. The van der Waals surface area contributed by atoms with Gasteiger partial charge in [-0.3, -0.25) is 14.3 Å². The summed E-state index contributed by atoms with van der Waals surface area (Å²) in [5.74, 6) is -2.29. The zero-order chi connectivity index (χ0) is 28.8. The van der Waals surface area contributed by atoms with Crippen LogP contribution in [0.15, 0.2) is 48.5 Å². The van der Waals surface area contributed by atoms with E-state index in [4.69, 9.17) is 5.26 Å². The average molecular weight is 552 g/mol. The number of carbonyl (C=O) groups is 2. The fourth-order valence-electron chi connectivity index (χ4n) is 4.37. The van der Waals surface area contributed by atoms with Crippen molar-refractivity contribution in [3.05, 3.63) is 88.1 Å². The molecule has 2 N–H and O–H groups in total. The molecule has 2 aromatic carbocycles. The first-order valence-electron chi connectivity index (χ1n) is 12.0. The number of nitrogens with zero attached hydrogens (tertiary/aromatic N) is 5. The minimum atomic E-state index is -4.91. The Morgan fingerprint density at radius 1 is 1.15 bits per heavy atom. The van der Waals surface area contributed by atoms with Crippen molar-refractivity contribution >= 4 is 28.4 Å². The van der Waals surface area contributed by atoms with Gasteiger partial charge in [0.05, 0.1) is 46.7 Å². The number of aliphatic hydroxyl groups is 1. The van der Waals surface area contributed by atoms with Crippen molar-refractivity contribution in [1.82, 2.24) is 19.7 Å². The van der Waals surface area contributed by atoms with E-state index in [2.05, 4.69) is 15.4 Å². The SMILES string of the molecule is Cc1c(NC(=O)c2cc(C(=O)N3CC(O)C3)nc3cc(F)ccc23)c(C(F)(F)F)nn1Cc1ccc(C#N)cc1. The highest BCUT2D eigenvalue weighted by Crippen LogP contribution is 2.36. The molecule has 5 rings (SSSR count). The Labute approximate surface area is 224 Å². The van der Waals surface area contributed by atoms with Gasteiger partial charge in [-0.1, -0.05) is 12.1 Å². The summed E-state index contributed by atoms with van der Waals surface area (Å²) in [4.78, 5) is 31.7. The van der Waals surface area contributed by atoms with E-state index in [1.807, 2.05) is 6.07 Å². The molecule has 1 saturated heterocycles. The minimum Gasteiger partial charge on any atom is -0.389 e. The normalized spacial score (nSPS) is 13.7. The van der Waals surface area contributed by atoms with Gasteiger partial charge in [0.25, 0.3) is 11.8 Å². The summed E-state index contributed by atoms with van der Waals surface area (Å²) in [6.45, 7) is 1.41. The molecule has 9 nitrogen and oxygen atoms in total.